The van der Waals surface area contributed by atoms with Crippen LogP contribution in [0.25, 0.3) is 0 Å². The third-order valence-corrected chi connectivity index (χ3v) is 2.95. The zero-order chi connectivity index (χ0) is 14.5. The lowest BCUT2D eigenvalue weighted by atomic mass is 10.1. The van der Waals surface area contributed by atoms with Gasteiger partial charge in [0.05, 0.1) is 6.10 Å². The Morgan fingerprint density at radius 1 is 1.15 bits per heavy atom. The maximum atomic E-state index is 13.2. The quantitative estimate of drug-likeness (QED) is 0.864. The molecular weight excluding hydrogens is 253 g/mol. The van der Waals surface area contributed by atoms with Crippen LogP contribution in [0.1, 0.15) is 25.0 Å². The molecule has 0 fully saturated rings. The Kier molecular flexibility index (Phi) is 4.61. The molecule has 0 spiro atoms. The minimum absolute atomic E-state index is 0.156. The van der Waals surface area contributed by atoms with E-state index < -0.39 is 0 Å². The van der Waals surface area contributed by atoms with Gasteiger partial charge in [-0.25, -0.2) is 4.39 Å². The zero-order valence-corrected chi connectivity index (χ0v) is 12.1. The Labute approximate surface area is 119 Å². The van der Waals surface area contributed by atoms with Crippen molar-refractivity contribution in [3.8, 4) is 5.75 Å². The molecule has 0 saturated carbocycles. The zero-order valence-electron chi connectivity index (χ0n) is 12.1. The first-order valence-corrected chi connectivity index (χ1v) is 6.80. The topological polar surface area (TPSA) is 21.3 Å². The molecule has 0 heterocycles. The lowest BCUT2D eigenvalue weighted by molar-refractivity contribution is 0.242. The Morgan fingerprint density at radius 2 is 1.95 bits per heavy atom. The summed E-state index contributed by atoms with van der Waals surface area (Å²) in [5.41, 5.74) is 2.95. The van der Waals surface area contributed by atoms with Crippen molar-refractivity contribution in [3.05, 3.63) is 59.4 Å². The summed E-state index contributed by atoms with van der Waals surface area (Å²) in [4.78, 5) is 0. The number of nitrogens with one attached hydrogen (secondary N) is 1. The van der Waals surface area contributed by atoms with E-state index in [1.807, 2.05) is 45.0 Å². The summed E-state index contributed by atoms with van der Waals surface area (Å²) in [6, 6.07) is 12.7. The molecule has 0 amide bonds. The van der Waals surface area contributed by atoms with Gasteiger partial charge in [0.25, 0.3) is 0 Å². The first kappa shape index (κ1) is 14.4. The second kappa shape index (κ2) is 6.42. The van der Waals surface area contributed by atoms with Gasteiger partial charge >= 0.3 is 0 Å². The van der Waals surface area contributed by atoms with Crippen LogP contribution in [-0.2, 0) is 6.54 Å². The van der Waals surface area contributed by atoms with E-state index >= 15 is 0 Å². The Bertz CT molecular complexity index is 581. The van der Waals surface area contributed by atoms with Gasteiger partial charge < -0.3 is 10.1 Å². The van der Waals surface area contributed by atoms with Crippen molar-refractivity contribution >= 4 is 5.69 Å². The molecule has 0 unspecified atom stereocenters. The summed E-state index contributed by atoms with van der Waals surface area (Å²) in [6.07, 6.45) is 0.156. The molecule has 0 saturated heterocycles. The first-order valence-electron chi connectivity index (χ1n) is 6.80. The van der Waals surface area contributed by atoms with Gasteiger partial charge in [-0.15, -0.1) is 0 Å². The van der Waals surface area contributed by atoms with Crippen molar-refractivity contribution in [3.63, 3.8) is 0 Å². The molecule has 1 N–H and O–H groups in total. The van der Waals surface area contributed by atoms with Crippen LogP contribution >= 0.6 is 0 Å². The van der Waals surface area contributed by atoms with Crippen molar-refractivity contribution in [2.24, 2.45) is 0 Å². The summed E-state index contributed by atoms with van der Waals surface area (Å²) >= 11 is 0. The molecule has 0 radical (unpaired) electrons. The highest BCUT2D eigenvalue weighted by Gasteiger charge is 2.02. The number of rotatable bonds is 5. The fourth-order valence-corrected chi connectivity index (χ4v) is 1.98. The average molecular weight is 273 g/mol. The Hall–Kier alpha value is -2.03. The monoisotopic (exact) mass is 273 g/mol. The van der Waals surface area contributed by atoms with Gasteiger partial charge in [-0.3, -0.25) is 0 Å². The van der Waals surface area contributed by atoms with E-state index in [0.717, 1.165) is 22.6 Å². The van der Waals surface area contributed by atoms with E-state index in [1.54, 1.807) is 6.07 Å². The normalized spacial score (nSPS) is 10.7. The number of hydrogen-bond donors (Lipinski definition) is 1. The van der Waals surface area contributed by atoms with Crippen molar-refractivity contribution in [2.75, 3.05) is 5.32 Å². The van der Waals surface area contributed by atoms with E-state index in [0.29, 0.717) is 6.54 Å². The minimum Gasteiger partial charge on any atom is -0.491 e. The smallest absolute Gasteiger partial charge is 0.125 e. The van der Waals surface area contributed by atoms with Gasteiger partial charge in [0.2, 0.25) is 0 Å². The van der Waals surface area contributed by atoms with E-state index in [1.165, 1.54) is 12.1 Å². The molecule has 0 aromatic heterocycles. The van der Waals surface area contributed by atoms with Gasteiger partial charge in [0, 0.05) is 12.2 Å². The molecule has 2 rings (SSSR count). The van der Waals surface area contributed by atoms with E-state index in [-0.39, 0.29) is 11.9 Å². The third kappa shape index (κ3) is 3.98. The molecule has 2 aromatic rings. The van der Waals surface area contributed by atoms with Gasteiger partial charge in [0.1, 0.15) is 11.6 Å². The van der Waals surface area contributed by atoms with Gasteiger partial charge in [0.15, 0.2) is 0 Å². The molecule has 0 bridgehead atoms. The number of hydrogen-bond acceptors (Lipinski definition) is 2. The van der Waals surface area contributed by atoms with E-state index in [4.69, 9.17) is 4.74 Å². The van der Waals surface area contributed by atoms with Gasteiger partial charge in [-0.1, -0.05) is 18.2 Å². The van der Waals surface area contributed by atoms with Crippen molar-refractivity contribution < 1.29 is 9.13 Å². The van der Waals surface area contributed by atoms with Crippen LogP contribution < -0.4 is 10.1 Å². The number of anilines is 1. The van der Waals surface area contributed by atoms with Crippen molar-refractivity contribution in [1.29, 1.82) is 0 Å². The third-order valence-electron chi connectivity index (χ3n) is 2.95. The summed E-state index contributed by atoms with van der Waals surface area (Å²) < 4.78 is 18.9. The van der Waals surface area contributed by atoms with Crippen LogP contribution in [0.2, 0.25) is 0 Å². The maximum absolute atomic E-state index is 13.2. The van der Waals surface area contributed by atoms with Crippen LogP contribution in [-0.4, -0.2) is 6.10 Å². The lowest BCUT2D eigenvalue weighted by Crippen LogP contribution is -2.06. The summed E-state index contributed by atoms with van der Waals surface area (Å²) in [6.45, 7) is 6.60. The predicted octanol–water partition coefficient (Wildman–Crippen LogP) is 4.53. The summed E-state index contributed by atoms with van der Waals surface area (Å²) in [5.74, 6) is 0.630. The Morgan fingerprint density at radius 3 is 2.70 bits per heavy atom. The van der Waals surface area contributed by atoms with Crippen molar-refractivity contribution in [2.45, 2.75) is 33.4 Å². The molecule has 2 nitrogen and oxygen atoms in total. The standard InChI is InChI=1S/C17H20FNO/c1-12(2)20-16-6-4-5-14(9-16)11-19-17-10-15(18)8-7-13(17)3/h4-10,12,19H,11H2,1-3H3. The van der Waals surface area contributed by atoms with Crippen molar-refractivity contribution in [1.82, 2.24) is 0 Å². The van der Waals surface area contributed by atoms with Gasteiger partial charge in [-0.2, -0.15) is 0 Å². The second-order valence-electron chi connectivity index (χ2n) is 5.13. The number of benzene rings is 2. The Balaban J connectivity index is 2.05. The minimum atomic E-state index is -0.227. The van der Waals surface area contributed by atoms with Crippen LogP contribution in [0.5, 0.6) is 5.75 Å². The molecule has 0 aliphatic heterocycles. The molecule has 106 valence electrons. The molecule has 0 aliphatic carbocycles. The fourth-order valence-electron chi connectivity index (χ4n) is 1.98. The lowest BCUT2D eigenvalue weighted by Gasteiger charge is -2.13. The number of ether oxygens (including phenoxy) is 1. The highest BCUT2D eigenvalue weighted by atomic mass is 19.1. The molecule has 20 heavy (non-hydrogen) atoms. The predicted molar refractivity (Wildman–Crippen MR) is 80.7 cm³/mol. The fraction of sp³-hybridized carbons (Fsp3) is 0.294. The van der Waals surface area contributed by atoms with Crippen LogP contribution in [0.3, 0.4) is 0 Å². The summed E-state index contributed by atoms with van der Waals surface area (Å²) in [7, 11) is 0. The van der Waals surface area contributed by atoms with Crippen LogP contribution in [0, 0.1) is 12.7 Å². The molecule has 2 aromatic carbocycles. The number of aryl methyl sites for hydroxylation is 1. The largest absolute Gasteiger partial charge is 0.491 e. The maximum Gasteiger partial charge on any atom is 0.125 e. The van der Waals surface area contributed by atoms with Gasteiger partial charge in [-0.05, 0) is 56.2 Å². The number of halogens is 1. The first-order chi connectivity index (χ1) is 9.54. The molecule has 0 atom stereocenters. The van der Waals surface area contributed by atoms with Crippen LogP contribution in [0.4, 0.5) is 10.1 Å². The highest BCUT2D eigenvalue weighted by molar-refractivity contribution is 5.51. The van der Waals surface area contributed by atoms with E-state index in [2.05, 4.69) is 5.32 Å². The molecule has 0 aliphatic rings. The average Bonchev–Trinajstić information content (AvgIpc) is 2.39. The SMILES string of the molecule is Cc1ccc(F)cc1NCc1cccc(OC(C)C)c1. The van der Waals surface area contributed by atoms with Crippen LogP contribution in [0.15, 0.2) is 42.5 Å². The second-order valence-corrected chi connectivity index (χ2v) is 5.13. The highest BCUT2D eigenvalue weighted by Crippen LogP contribution is 2.19. The van der Waals surface area contributed by atoms with E-state index in [9.17, 15) is 4.39 Å². The summed E-state index contributed by atoms with van der Waals surface area (Å²) in [5, 5.41) is 3.26. The molecule has 3 heteroatoms. The molecular formula is C17H20FNO.